The molecular formula is C24H26F3N3O3S. The van der Waals surface area contributed by atoms with Gasteiger partial charge in [-0.1, -0.05) is 24.6 Å². The molecule has 1 heterocycles. The monoisotopic (exact) mass is 493 g/mol. The molecule has 1 amide bonds. The number of carbonyl (C=O) groups is 1. The highest BCUT2D eigenvalue weighted by Crippen LogP contribution is 2.28. The Bertz CT molecular complexity index is 1190. The number of amides is 1. The van der Waals surface area contributed by atoms with Gasteiger partial charge in [-0.05, 0) is 62.1 Å². The van der Waals surface area contributed by atoms with E-state index >= 15 is 0 Å². The van der Waals surface area contributed by atoms with E-state index in [9.17, 15) is 26.4 Å². The number of carbonyl (C=O) groups excluding carboxylic acids is 1. The summed E-state index contributed by atoms with van der Waals surface area (Å²) in [6.07, 6.45) is -2.28. The highest BCUT2D eigenvalue weighted by atomic mass is 32.2. The quantitative estimate of drug-likeness (QED) is 0.587. The maximum absolute atomic E-state index is 13.3. The zero-order chi connectivity index (χ0) is 25.1. The minimum atomic E-state index is -4.65. The number of benzene rings is 2. The van der Waals surface area contributed by atoms with E-state index in [1.165, 1.54) is 46.8 Å². The molecule has 1 unspecified atom stereocenters. The summed E-state index contributed by atoms with van der Waals surface area (Å²) < 4.78 is 67.8. The van der Waals surface area contributed by atoms with Crippen LogP contribution in [-0.2, 0) is 16.6 Å². The van der Waals surface area contributed by atoms with Gasteiger partial charge in [-0.2, -0.15) is 22.7 Å². The molecule has 2 aromatic carbocycles. The molecule has 1 fully saturated rings. The molecule has 0 N–H and O–H groups in total. The lowest BCUT2D eigenvalue weighted by molar-refractivity contribution is -0.141. The number of sulfonamides is 1. The summed E-state index contributed by atoms with van der Waals surface area (Å²) in [7, 11) is -3.90. The van der Waals surface area contributed by atoms with Gasteiger partial charge in [0, 0.05) is 24.7 Å². The molecule has 182 valence electrons. The van der Waals surface area contributed by atoms with Crippen LogP contribution in [0, 0.1) is 18.3 Å². The average Bonchev–Trinajstić information content (AvgIpc) is 2.78. The number of nitriles is 1. The van der Waals surface area contributed by atoms with Crippen LogP contribution in [-0.4, -0.2) is 48.8 Å². The summed E-state index contributed by atoms with van der Waals surface area (Å²) in [6, 6.07) is 11.6. The topological polar surface area (TPSA) is 81.5 Å². The number of aryl methyl sites for hydroxylation is 1. The SMILES string of the molecule is Cc1ccc(S(=O)(=O)N2CCCCC2C)cc1C(=O)N(Cc1ccc(C#N)cc1)CC(F)(F)F. The van der Waals surface area contributed by atoms with Crippen molar-refractivity contribution >= 4 is 15.9 Å². The van der Waals surface area contributed by atoms with Crippen molar-refractivity contribution in [2.24, 2.45) is 0 Å². The summed E-state index contributed by atoms with van der Waals surface area (Å²) in [5, 5.41) is 8.92. The van der Waals surface area contributed by atoms with E-state index in [0.717, 1.165) is 19.3 Å². The molecule has 3 rings (SSSR count). The molecule has 1 saturated heterocycles. The van der Waals surface area contributed by atoms with Crippen LogP contribution in [0.3, 0.4) is 0 Å². The second-order valence-electron chi connectivity index (χ2n) is 8.52. The molecule has 0 radical (unpaired) electrons. The lowest BCUT2D eigenvalue weighted by atomic mass is 10.1. The number of halogens is 3. The van der Waals surface area contributed by atoms with Crippen molar-refractivity contribution in [2.75, 3.05) is 13.1 Å². The van der Waals surface area contributed by atoms with Crippen molar-refractivity contribution in [1.82, 2.24) is 9.21 Å². The smallest absolute Gasteiger partial charge is 0.325 e. The lowest BCUT2D eigenvalue weighted by Gasteiger charge is -2.32. The summed E-state index contributed by atoms with van der Waals surface area (Å²) in [4.78, 5) is 13.8. The molecule has 0 saturated carbocycles. The molecule has 6 nitrogen and oxygen atoms in total. The summed E-state index contributed by atoms with van der Waals surface area (Å²) in [6.45, 7) is 1.90. The fraction of sp³-hybridized carbons (Fsp3) is 0.417. The minimum absolute atomic E-state index is 0.0939. The van der Waals surface area contributed by atoms with Crippen LogP contribution in [0.5, 0.6) is 0 Å². The Balaban J connectivity index is 1.96. The third-order valence-electron chi connectivity index (χ3n) is 5.90. The number of rotatable bonds is 6. The van der Waals surface area contributed by atoms with E-state index in [-0.39, 0.29) is 23.0 Å². The van der Waals surface area contributed by atoms with Gasteiger partial charge in [-0.15, -0.1) is 0 Å². The zero-order valence-corrected chi connectivity index (χ0v) is 19.8. The van der Waals surface area contributed by atoms with E-state index < -0.39 is 28.7 Å². The third kappa shape index (κ3) is 5.96. The first-order chi connectivity index (χ1) is 15.9. The second-order valence-corrected chi connectivity index (χ2v) is 10.4. The van der Waals surface area contributed by atoms with Gasteiger partial charge in [-0.25, -0.2) is 8.42 Å². The van der Waals surface area contributed by atoms with E-state index in [1.807, 2.05) is 13.0 Å². The highest BCUT2D eigenvalue weighted by molar-refractivity contribution is 7.89. The Morgan fingerprint density at radius 3 is 2.44 bits per heavy atom. The molecule has 0 spiro atoms. The van der Waals surface area contributed by atoms with Crippen LogP contribution in [0.1, 0.15) is 53.2 Å². The van der Waals surface area contributed by atoms with Crippen molar-refractivity contribution in [1.29, 1.82) is 5.26 Å². The van der Waals surface area contributed by atoms with Gasteiger partial charge in [-0.3, -0.25) is 4.79 Å². The molecule has 0 aliphatic carbocycles. The van der Waals surface area contributed by atoms with Gasteiger partial charge in [0.15, 0.2) is 0 Å². The third-order valence-corrected chi connectivity index (χ3v) is 7.91. The normalized spacial score (nSPS) is 17.2. The molecular weight excluding hydrogens is 467 g/mol. The molecule has 34 heavy (non-hydrogen) atoms. The van der Waals surface area contributed by atoms with Crippen LogP contribution in [0.15, 0.2) is 47.4 Å². The Hall–Kier alpha value is -2.90. The average molecular weight is 494 g/mol. The molecule has 0 aromatic heterocycles. The van der Waals surface area contributed by atoms with E-state index in [1.54, 1.807) is 6.92 Å². The Morgan fingerprint density at radius 2 is 1.85 bits per heavy atom. The summed E-state index contributed by atoms with van der Waals surface area (Å²) in [5.41, 5.74) is 1.05. The number of hydrogen-bond donors (Lipinski definition) is 0. The van der Waals surface area contributed by atoms with Crippen molar-refractivity contribution in [2.45, 2.75) is 56.8 Å². The molecule has 0 bridgehead atoms. The van der Waals surface area contributed by atoms with E-state index in [2.05, 4.69) is 0 Å². The predicted octanol–water partition coefficient (Wildman–Crippen LogP) is 4.63. The Labute approximate surface area is 197 Å². The van der Waals surface area contributed by atoms with Crippen molar-refractivity contribution in [3.8, 4) is 6.07 Å². The van der Waals surface area contributed by atoms with Gasteiger partial charge in [0.25, 0.3) is 5.91 Å². The van der Waals surface area contributed by atoms with Gasteiger partial charge in [0.05, 0.1) is 16.5 Å². The Morgan fingerprint density at radius 1 is 1.18 bits per heavy atom. The van der Waals surface area contributed by atoms with Crippen LogP contribution in [0.4, 0.5) is 13.2 Å². The van der Waals surface area contributed by atoms with Crippen molar-refractivity contribution in [3.63, 3.8) is 0 Å². The first-order valence-corrected chi connectivity index (χ1v) is 12.3. The molecule has 10 heteroatoms. The number of hydrogen-bond acceptors (Lipinski definition) is 4. The van der Waals surface area contributed by atoms with Crippen LogP contribution >= 0.6 is 0 Å². The van der Waals surface area contributed by atoms with Gasteiger partial charge < -0.3 is 4.90 Å². The van der Waals surface area contributed by atoms with Gasteiger partial charge in [0.2, 0.25) is 10.0 Å². The molecule has 1 atom stereocenters. The first kappa shape index (κ1) is 25.7. The number of alkyl halides is 3. The second kappa shape index (κ2) is 10.2. The van der Waals surface area contributed by atoms with Gasteiger partial charge >= 0.3 is 6.18 Å². The minimum Gasteiger partial charge on any atom is -0.325 e. The van der Waals surface area contributed by atoms with Crippen molar-refractivity contribution in [3.05, 3.63) is 64.7 Å². The zero-order valence-electron chi connectivity index (χ0n) is 19.0. The predicted molar refractivity (Wildman–Crippen MR) is 120 cm³/mol. The fourth-order valence-corrected chi connectivity index (χ4v) is 5.77. The fourth-order valence-electron chi connectivity index (χ4n) is 4.05. The number of piperidine rings is 1. The first-order valence-electron chi connectivity index (χ1n) is 10.9. The van der Waals surface area contributed by atoms with Crippen LogP contribution in [0.25, 0.3) is 0 Å². The molecule has 1 aliphatic heterocycles. The van der Waals surface area contributed by atoms with Gasteiger partial charge in [0.1, 0.15) is 6.54 Å². The standard InChI is InChI=1S/C24H26F3N3O3S/c1-17-6-11-21(34(32,33)30-12-4-3-5-18(30)2)13-22(17)23(31)29(16-24(25,26)27)15-20-9-7-19(14-28)8-10-20/h6-11,13,18H,3-5,12,15-16H2,1-2H3. The van der Waals surface area contributed by atoms with Crippen LogP contribution in [0.2, 0.25) is 0 Å². The van der Waals surface area contributed by atoms with E-state index in [4.69, 9.17) is 5.26 Å². The molecule has 2 aromatic rings. The van der Waals surface area contributed by atoms with Crippen LogP contribution < -0.4 is 0 Å². The maximum Gasteiger partial charge on any atom is 0.406 e. The number of nitrogens with zero attached hydrogens (tertiary/aromatic N) is 3. The summed E-state index contributed by atoms with van der Waals surface area (Å²) in [5.74, 6) is -0.914. The lowest BCUT2D eigenvalue weighted by Crippen LogP contribution is -2.42. The summed E-state index contributed by atoms with van der Waals surface area (Å²) >= 11 is 0. The molecule has 1 aliphatic rings. The van der Waals surface area contributed by atoms with Crippen molar-refractivity contribution < 1.29 is 26.4 Å². The highest BCUT2D eigenvalue weighted by Gasteiger charge is 2.35. The maximum atomic E-state index is 13.3. The Kier molecular flexibility index (Phi) is 7.68. The van der Waals surface area contributed by atoms with E-state index in [0.29, 0.717) is 28.1 Å². The largest absolute Gasteiger partial charge is 0.406 e.